The molecule has 0 saturated heterocycles. The molecule has 0 spiro atoms. The first-order valence-electron chi connectivity index (χ1n) is 6.42. The van der Waals surface area contributed by atoms with Crippen LogP contribution in [0.1, 0.15) is 10.4 Å². The van der Waals surface area contributed by atoms with Crippen molar-refractivity contribution in [3.63, 3.8) is 0 Å². The maximum atomic E-state index is 10.5. The van der Waals surface area contributed by atoms with E-state index in [9.17, 15) is 4.79 Å². The molecule has 0 atom stereocenters. The molecule has 0 aliphatic carbocycles. The Morgan fingerprint density at radius 1 is 1.38 bits per heavy atom. The van der Waals surface area contributed by atoms with Gasteiger partial charge in [-0.05, 0) is 47.4 Å². The SMILES string of the molecule is COc1ccc(N(C)Cc2cc(C=CC(=O)O)cs2)cc1. The van der Waals surface area contributed by atoms with E-state index in [1.165, 1.54) is 4.88 Å². The third-order valence-corrected chi connectivity index (χ3v) is 3.94. The van der Waals surface area contributed by atoms with Crippen LogP contribution in [-0.2, 0) is 11.3 Å². The third-order valence-electron chi connectivity index (χ3n) is 3.00. The highest BCUT2D eigenvalue weighted by Gasteiger charge is 2.05. The predicted octanol–water partition coefficient (Wildman–Crippen LogP) is 3.49. The Hall–Kier alpha value is -2.27. The van der Waals surface area contributed by atoms with E-state index in [4.69, 9.17) is 9.84 Å². The number of carboxylic acid groups (broad SMARTS) is 1. The van der Waals surface area contributed by atoms with Crippen molar-refractivity contribution < 1.29 is 14.6 Å². The molecule has 0 radical (unpaired) electrons. The van der Waals surface area contributed by atoms with Crippen LogP contribution < -0.4 is 9.64 Å². The van der Waals surface area contributed by atoms with Crippen molar-refractivity contribution in [1.82, 2.24) is 0 Å². The van der Waals surface area contributed by atoms with Crippen LogP contribution in [0.15, 0.2) is 41.8 Å². The lowest BCUT2D eigenvalue weighted by atomic mass is 10.2. The second kappa shape index (κ2) is 6.95. The van der Waals surface area contributed by atoms with E-state index in [0.717, 1.165) is 29.6 Å². The topological polar surface area (TPSA) is 49.8 Å². The molecule has 1 heterocycles. The summed E-state index contributed by atoms with van der Waals surface area (Å²) in [4.78, 5) is 13.8. The average molecular weight is 303 g/mol. The predicted molar refractivity (Wildman–Crippen MR) is 86.1 cm³/mol. The molecular formula is C16H17NO3S. The molecule has 2 aromatic rings. The van der Waals surface area contributed by atoms with Crippen LogP contribution in [-0.4, -0.2) is 25.2 Å². The van der Waals surface area contributed by atoms with Gasteiger partial charge in [0.2, 0.25) is 0 Å². The second-order valence-electron chi connectivity index (χ2n) is 4.57. The number of carboxylic acids is 1. The molecule has 0 unspecified atom stereocenters. The fraction of sp³-hybridized carbons (Fsp3) is 0.188. The van der Waals surface area contributed by atoms with Gasteiger partial charge >= 0.3 is 5.97 Å². The van der Waals surface area contributed by atoms with Gasteiger partial charge in [0.05, 0.1) is 13.7 Å². The molecule has 0 bridgehead atoms. The molecule has 21 heavy (non-hydrogen) atoms. The lowest BCUT2D eigenvalue weighted by molar-refractivity contribution is -0.131. The van der Waals surface area contributed by atoms with E-state index in [0.29, 0.717) is 0 Å². The number of benzene rings is 1. The molecule has 2 rings (SSSR count). The molecule has 0 aliphatic rings. The normalized spacial score (nSPS) is 10.8. The van der Waals surface area contributed by atoms with Gasteiger partial charge in [-0.25, -0.2) is 4.79 Å². The highest BCUT2D eigenvalue weighted by molar-refractivity contribution is 7.10. The van der Waals surface area contributed by atoms with Gasteiger partial charge in [0.15, 0.2) is 0 Å². The summed E-state index contributed by atoms with van der Waals surface area (Å²) in [6.45, 7) is 0.776. The van der Waals surface area contributed by atoms with Crippen LogP contribution >= 0.6 is 11.3 Å². The van der Waals surface area contributed by atoms with Crippen LogP contribution in [0.5, 0.6) is 5.75 Å². The first-order chi connectivity index (χ1) is 10.1. The van der Waals surface area contributed by atoms with Gasteiger partial charge in [-0.15, -0.1) is 11.3 Å². The van der Waals surface area contributed by atoms with Crippen LogP contribution in [0, 0.1) is 0 Å². The van der Waals surface area contributed by atoms with E-state index in [-0.39, 0.29) is 0 Å². The largest absolute Gasteiger partial charge is 0.497 e. The van der Waals surface area contributed by atoms with Gasteiger partial charge in [-0.3, -0.25) is 0 Å². The summed E-state index contributed by atoms with van der Waals surface area (Å²) >= 11 is 1.62. The first kappa shape index (κ1) is 15.1. The van der Waals surface area contributed by atoms with Crippen molar-refractivity contribution in [1.29, 1.82) is 0 Å². The quantitative estimate of drug-likeness (QED) is 0.830. The fourth-order valence-electron chi connectivity index (χ4n) is 1.90. The Morgan fingerprint density at radius 2 is 2.10 bits per heavy atom. The van der Waals surface area contributed by atoms with Gasteiger partial charge in [0, 0.05) is 23.7 Å². The minimum absolute atomic E-state index is 0.776. The molecular weight excluding hydrogens is 286 g/mol. The van der Waals surface area contributed by atoms with Crippen LogP contribution in [0.3, 0.4) is 0 Å². The zero-order valence-corrected chi connectivity index (χ0v) is 12.8. The van der Waals surface area contributed by atoms with Crippen LogP contribution in [0.25, 0.3) is 6.08 Å². The number of aliphatic carboxylic acids is 1. The maximum absolute atomic E-state index is 10.5. The van der Waals surface area contributed by atoms with E-state index < -0.39 is 5.97 Å². The van der Waals surface area contributed by atoms with Gasteiger partial charge in [-0.2, -0.15) is 0 Å². The van der Waals surface area contributed by atoms with Crippen molar-refractivity contribution in [2.24, 2.45) is 0 Å². The maximum Gasteiger partial charge on any atom is 0.328 e. The fourth-order valence-corrected chi connectivity index (χ4v) is 2.80. The van der Waals surface area contributed by atoms with E-state index >= 15 is 0 Å². The number of thiophene rings is 1. The summed E-state index contributed by atoms with van der Waals surface area (Å²) in [5.74, 6) is -0.0949. The number of hydrogen-bond acceptors (Lipinski definition) is 4. The number of anilines is 1. The summed E-state index contributed by atoms with van der Waals surface area (Å²) in [7, 11) is 3.67. The summed E-state index contributed by atoms with van der Waals surface area (Å²) in [6.07, 6.45) is 2.76. The second-order valence-corrected chi connectivity index (χ2v) is 5.57. The molecule has 1 aromatic heterocycles. The Bertz CT molecular complexity index is 631. The lowest BCUT2D eigenvalue weighted by Crippen LogP contribution is -2.15. The number of methoxy groups -OCH3 is 1. The number of hydrogen-bond donors (Lipinski definition) is 1. The molecule has 110 valence electrons. The standard InChI is InChI=1S/C16H17NO3S/c1-17(13-4-6-14(20-2)7-5-13)10-15-9-12(11-21-15)3-8-16(18)19/h3-9,11H,10H2,1-2H3,(H,18,19). The van der Waals surface area contributed by atoms with Crippen molar-refractivity contribution >= 4 is 29.1 Å². The lowest BCUT2D eigenvalue weighted by Gasteiger charge is -2.18. The molecule has 0 fully saturated rings. The van der Waals surface area contributed by atoms with Crippen molar-refractivity contribution in [2.75, 3.05) is 19.1 Å². The average Bonchev–Trinajstić information content (AvgIpc) is 2.92. The minimum atomic E-state index is -0.932. The van der Waals surface area contributed by atoms with Crippen molar-refractivity contribution in [3.05, 3.63) is 52.2 Å². The first-order valence-corrected chi connectivity index (χ1v) is 7.30. The zero-order valence-electron chi connectivity index (χ0n) is 11.9. The monoisotopic (exact) mass is 303 g/mol. The highest BCUT2D eigenvalue weighted by Crippen LogP contribution is 2.22. The van der Waals surface area contributed by atoms with Crippen LogP contribution in [0.4, 0.5) is 5.69 Å². The molecule has 4 nitrogen and oxygen atoms in total. The van der Waals surface area contributed by atoms with Gasteiger partial charge in [-0.1, -0.05) is 0 Å². The Morgan fingerprint density at radius 3 is 2.71 bits per heavy atom. The van der Waals surface area contributed by atoms with Gasteiger partial charge in [0.25, 0.3) is 0 Å². The molecule has 5 heteroatoms. The summed E-state index contributed by atoms with van der Waals surface area (Å²) in [5, 5.41) is 10.6. The smallest absolute Gasteiger partial charge is 0.328 e. The number of nitrogens with zero attached hydrogens (tertiary/aromatic N) is 1. The number of rotatable bonds is 6. The Labute approximate surface area is 127 Å². The van der Waals surface area contributed by atoms with Crippen LogP contribution in [0.2, 0.25) is 0 Å². The van der Waals surface area contributed by atoms with Crippen molar-refractivity contribution in [3.8, 4) is 5.75 Å². The molecule has 1 N–H and O–H groups in total. The summed E-state index contributed by atoms with van der Waals surface area (Å²) in [5.41, 5.74) is 2.02. The number of carbonyl (C=O) groups is 1. The molecule has 1 aromatic carbocycles. The number of ether oxygens (including phenoxy) is 1. The van der Waals surface area contributed by atoms with Crippen molar-refractivity contribution in [2.45, 2.75) is 6.54 Å². The van der Waals surface area contributed by atoms with E-state index in [1.54, 1.807) is 24.5 Å². The third kappa shape index (κ3) is 4.36. The molecule has 0 saturated carbocycles. The summed E-state index contributed by atoms with van der Waals surface area (Å²) < 4.78 is 5.14. The molecule has 0 amide bonds. The van der Waals surface area contributed by atoms with E-state index in [2.05, 4.69) is 4.90 Å². The Kier molecular flexibility index (Phi) is 5.00. The van der Waals surface area contributed by atoms with E-state index in [1.807, 2.05) is 42.8 Å². The summed E-state index contributed by atoms with van der Waals surface area (Å²) in [6, 6.07) is 9.89. The minimum Gasteiger partial charge on any atom is -0.497 e. The van der Waals surface area contributed by atoms with Gasteiger partial charge < -0.3 is 14.7 Å². The van der Waals surface area contributed by atoms with Gasteiger partial charge in [0.1, 0.15) is 5.75 Å². The Balaban J connectivity index is 2.01. The molecule has 0 aliphatic heterocycles. The highest BCUT2D eigenvalue weighted by atomic mass is 32.1. The zero-order chi connectivity index (χ0) is 15.2.